The Bertz CT molecular complexity index is 679. The summed E-state index contributed by atoms with van der Waals surface area (Å²) in [5, 5.41) is 5.04. The van der Waals surface area contributed by atoms with Gasteiger partial charge < -0.3 is 5.32 Å². The van der Waals surface area contributed by atoms with Crippen LogP contribution in [0.2, 0.25) is 0 Å². The van der Waals surface area contributed by atoms with Crippen LogP contribution in [0.4, 0.5) is 11.4 Å². The van der Waals surface area contributed by atoms with Gasteiger partial charge in [-0.15, -0.1) is 11.3 Å². The second kappa shape index (κ2) is 4.86. The molecule has 100 valence electrons. The monoisotopic (exact) mass is 294 g/mol. The van der Waals surface area contributed by atoms with Gasteiger partial charge >= 0.3 is 0 Å². The van der Waals surface area contributed by atoms with Gasteiger partial charge in [0.2, 0.25) is 0 Å². The van der Waals surface area contributed by atoms with Crippen molar-refractivity contribution in [3.8, 4) is 0 Å². The molecular weight excluding hydrogens is 280 g/mol. The van der Waals surface area contributed by atoms with Gasteiger partial charge in [0, 0.05) is 12.2 Å². The number of hydrogen-bond donors (Lipinski definition) is 2. The predicted octanol–water partition coefficient (Wildman–Crippen LogP) is 2.91. The van der Waals surface area contributed by atoms with Crippen molar-refractivity contribution in [2.45, 2.75) is 17.1 Å². The Balaban J connectivity index is 1.88. The summed E-state index contributed by atoms with van der Waals surface area (Å²) in [4.78, 5) is 0. The first kappa shape index (κ1) is 12.5. The maximum absolute atomic E-state index is 12.1. The van der Waals surface area contributed by atoms with Gasteiger partial charge in [-0.1, -0.05) is 12.1 Å². The van der Waals surface area contributed by atoms with E-state index in [1.54, 1.807) is 17.5 Å². The van der Waals surface area contributed by atoms with E-state index in [4.69, 9.17) is 0 Å². The highest BCUT2D eigenvalue weighted by Crippen LogP contribution is 2.27. The van der Waals surface area contributed by atoms with Crippen molar-refractivity contribution in [3.05, 3.63) is 41.3 Å². The van der Waals surface area contributed by atoms with E-state index in [0.29, 0.717) is 9.90 Å². The number of anilines is 2. The van der Waals surface area contributed by atoms with Gasteiger partial charge in [0.15, 0.2) is 0 Å². The van der Waals surface area contributed by atoms with Crippen molar-refractivity contribution in [2.75, 3.05) is 16.6 Å². The molecule has 1 aromatic carbocycles. The predicted molar refractivity (Wildman–Crippen MR) is 78.4 cm³/mol. The van der Waals surface area contributed by atoms with Crippen LogP contribution < -0.4 is 10.0 Å². The van der Waals surface area contributed by atoms with Crippen molar-refractivity contribution < 1.29 is 8.42 Å². The standard InChI is InChI=1S/C13H14N2O2S2/c16-19(17,13-4-2-8-18-13)15-11-6-5-10-3-1-7-14-12(10)9-11/h2,4-6,8-9,14-15H,1,3,7H2. The lowest BCUT2D eigenvalue weighted by Gasteiger charge is -2.19. The van der Waals surface area contributed by atoms with Gasteiger partial charge in [-0.2, -0.15) is 0 Å². The molecular formula is C13H14N2O2S2. The van der Waals surface area contributed by atoms with Crippen molar-refractivity contribution >= 4 is 32.7 Å². The molecule has 1 aliphatic rings. The minimum Gasteiger partial charge on any atom is -0.385 e. The van der Waals surface area contributed by atoms with Crippen LogP contribution in [0.15, 0.2) is 39.9 Å². The first-order valence-electron chi connectivity index (χ1n) is 6.08. The van der Waals surface area contributed by atoms with Gasteiger partial charge in [0.1, 0.15) is 4.21 Å². The highest BCUT2D eigenvalue weighted by atomic mass is 32.2. The minimum atomic E-state index is -3.46. The van der Waals surface area contributed by atoms with Crippen LogP contribution in [0.3, 0.4) is 0 Å². The van der Waals surface area contributed by atoms with Gasteiger partial charge in [-0.3, -0.25) is 4.72 Å². The Labute approximate surface area is 116 Å². The number of hydrogen-bond acceptors (Lipinski definition) is 4. The van der Waals surface area contributed by atoms with Crippen LogP contribution in [0, 0.1) is 0 Å². The fraction of sp³-hybridized carbons (Fsp3) is 0.231. The zero-order valence-corrected chi connectivity index (χ0v) is 11.9. The van der Waals surface area contributed by atoms with E-state index in [0.717, 1.165) is 25.1 Å². The summed E-state index contributed by atoms with van der Waals surface area (Å²) >= 11 is 1.21. The largest absolute Gasteiger partial charge is 0.385 e. The summed E-state index contributed by atoms with van der Waals surface area (Å²) in [5.41, 5.74) is 2.87. The molecule has 19 heavy (non-hydrogen) atoms. The molecule has 2 aromatic rings. The van der Waals surface area contributed by atoms with Gasteiger partial charge in [0.05, 0.1) is 5.69 Å². The van der Waals surface area contributed by atoms with E-state index in [9.17, 15) is 8.42 Å². The molecule has 0 bridgehead atoms. The molecule has 0 amide bonds. The number of benzene rings is 1. The van der Waals surface area contributed by atoms with Crippen molar-refractivity contribution in [1.82, 2.24) is 0 Å². The Kier molecular flexibility index (Phi) is 3.20. The van der Waals surface area contributed by atoms with Gasteiger partial charge in [-0.05, 0) is 42.0 Å². The number of rotatable bonds is 3. The van der Waals surface area contributed by atoms with Gasteiger partial charge in [-0.25, -0.2) is 8.42 Å². The highest BCUT2D eigenvalue weighted by molar-refractivity contribution is 7.94. The molecule has 0 saturated heterocycles. The Morgan fingerprint density at radius 1 is 1.26 bits per heavy atom. The van der Waals surface area contributed by atoms with Crippen LogP contribution in [-0.2, 0) is 16.4 Å². The topological polar surface area (TPSA) is 58.2 Å². The third kappa shape index (κ3) is 2.59. The molecule has 4 nitrogen and oxygen atoms in total. The molecule has 6 heteroatoms. The number of aryl methyl sites for hydroxylation is 1. The normalized spacial score (nSPS) is 14.5. The van der Waals surface area contributed by atoms with E-state index in [-0.39, 0.29) is 0 Å². The molecule has 1 aromatic heterocycles. The summed E-state index contributed by atoms with van der Waals surface area (Å²) in [7, 11) is -3.46. The molecule has 0 spiro atoms. The molecule has 0 atom stereocenters. The second-order valence-corrected chi connectivity index (χ2v) is 7.30. The van der Waals surface area contributed by atoms with Crippen molar-refractivity contribution in [3.63, 3.8) is 0 Å². The van der Waals surface area contributed by atoms with Crippen LogP contribution in [0.25, 0.3) is 0 Å². The number of fused-ring (bicyclic) bond motifs is 1. The van der Waals surface area contributed by atoms with Crippen LogP contribution in [-0.4, -0.2) is 15.0 Å². The summed E-state index contributed by atoms with van der Waals surface area (Å²) < 4.78 is 27.2. The first-order chi connectivity index (χ1) is 9.15. The molecule has 2 heterocycles. The number of sulfonamides is 1. The fourth-order valence-electron chi connectivity index (χ4n) is 2.15. The van der Waals surface area contributed by atoms with Gasteiger partial charge in [0.25, 0.3) is 10.0 Å². The summed E-state index contributed by atoms with van der Waals surface area (Å²) in [6, 6.07) is 8.99. The number of thiophene rings is 1. The van der Waals surface area contributed by atoms with Crippen molar-refractivity contribution in [2.24, 2.45) is 0 Å². The van der Waals surface area contributed by atoms with E-state index in [1.165, 1.54) is 16.9 Å². The molecule has 3 rings (SSSR count). The summed E-state index contributed by atoms with van der Waals surface area (Å²) in [5.74, 6) is 0. The molecule has 2 N–H and O–H groups in total. The maximum atomic E-state index is 12.1. The average molecular weight is 294 g/mol. The molecule has 0 radical (unpaired) electrons. The Hall–Kier alpha value is -1.53. The van der Waals surface area contributed by atoms with E-state index in [2.05, 4.69) is 10.0 Å². The lowest BCUT2D eigenvalue weighted by atomic mass is 10.0. The first-order valence-corrected chi connectivity index (χ1v) is 8.44. The summed E-state index contributed by atoms with van der Waals surface area (Å²) in [6.45, 7) is 0.939. The van der Waals surface area contributed by atoms with Crippen molar-refractivity contribution in [1.29, 1.82) is 0 Å². The quantitative estimate of drug-likeness (QED) is 0.915. The Morgan fingerprint density at radius 3 is 2.95 bits per heavy atom. The molecule has 0 fully saturated rings. The highest BCUT2D eigenvalue weighted by Gasteiger charge is 2.16. The smallest absolute Gasteiger partial charge is 0.271 e. The van der Waals surface area contributed by atoms with Crippen LogP contribution >= 0.6 is 11.3 Å². The fourth-order valence-corrected chi connectivity index (χ4v) is 4.19. The minimum absolute atomic E-state index is 0.332. The Morgan fingerprint density at radius 2 is 2.16 bits per heavy atom. The maximum Gasteiger partial charge on any atom is 0.271 e. The molecule has 0 saturated carbocycles. The molecule has 0 aliphatic carbocycles. The molecule has 0 unspecified atom stereocenters. The van der Waals surface area contributed by atoms with E-state index in [1.807, 2.05) is 18.2 Å². The van der Waals surface area contributed by atoms with E-state index < -0.39 is 10.0 Å². The van der Waals surface area contributed by atoms with Crippen LogP contribution in [0.5, 0.6) is 0 Å². The SMILES string of the molecule is O=S(=O)(Nc1ccc2c(c1)NCCC2)c1cccs1. The van der Waals surface area contributed by atoms with E-state index >= 15 is 0 Å². The zero-order chi connectivity index (χ0) is 13.3. The van der Waals surface area contributed by atoms with Crippen LogP contribution in [0.1, 0.15) is 12.0 Å². The third-order valence-corrected chi connectivity index (χ3v) is 5.84. The third-order valence-electron chi connectivity index (χ3n) is 3.06. The molecule has 1 aliphatic heterocycles. The summed E-state index contributed by atoms with van der Waals surface area (Å²) in [6.07, 6.45) is 2.16. The average Bonchev–Trinajstić information content (AvgIpc) is 2.93. The number of nitrogens with one attached hydrogen (secondary N) is 2. The second-order valence-electron chi connectivity index (χ2n) is 4.44. The lowest BCUT2D eigenvalue weighted by molar-refractivity contribution is 0.603. The zero-order valence-electron chi connectivity index (χ0n) is 10.2. The lowest BCUT2D eigenvalue weighted by Crippen LogP contribution is -2.14.